The summed E-state index contributed by atoms with van der Waals surface area (Å²) in [6, 6.07) is 0.369. The number of nitrogens with two attached hydrogens (primary N) is 1. The van der Waals surface area contributed by atoms with Gasteiger partial charge in [0.2, 0.25) is 0 Å². The molecule has 0 aromatic rings. The number of piperidine rings is 1. The average molecular weight is 212 g/mol. The number of rotatable bonds is 5. The molecule has 0 aliphatic carbocycles. The van der Waals surface area contributed by atoms with Crippen LogP contribution in [0.1, 0.15) is 46.5 Å². The highest BCUT2D eigenvalue weighted by molar-refractivity contribution is 4.77. The molecule has 2 N–H and O–H groups in total. The summed E-state index contributed by atoms with van der Waals surface area (Å²) in [7, 11) is 0. The molecule has 0 aromatic heterocycles. The van der Waals surface area contributed by atoms with Gasteiger partial charge in [0.25, 0.3) is 0 Å². The fourth-order valence-corrected chi connectivity index (χ4v) is 2.36. The van der Waals surface area contributed by atoms with Gasteiger partial charge in [-0.05, 0) is 37.8 Å². The SMILES string of the molecule is CCC1CCN(CC(N)C(C)CC)CC1. The van der Waals surface area contributed by atoms with Crippen molar-refractivity contribution in [1.82, 2.24) is 4.90 Å². The van der Waals surface area contributed by atoms with Gasteiger partial charge >= 0.3 is 0 Å². The Labute approximate surface area is 95.2 Å². The quantitative estimate of drug-likeness (QED) is 0.758. The molecule has 2 atom stereocenters. The van der Waals surface area contributed by atoms with Crippen LogP contribution in [-0.4, -0.2) is 30.6 Å². The second-order valence-corrected chi connectivity index (χ2v) is 5.20. The molecule has 2 nitrogen and oxygen atoms in total. The predicted molar refractivity (Wildman–Crippen MR) is 66.9 cm³/mol. The summed E-state index contributed by atoms with van der Waals surface area (Å²) >= 11 is 0. The van der Waals surface area contributed by atoms with Gasteiger partial charge in [-0.1, -0.05) is 33.6 Å². The third-order valence-electron chi connectivity index (χ3n) is 4.13. The molecule has 0 bridgehead atoms. The van der Waals surface area contributed by atoms with Crippen LogP contribution in [0, 0.1) is 11.8 Å². The molecule has 1 aliphatic heterocycles. The number of hydrogen-bond acceptors (Lipinski definition) is 2. The third kappa shape index (κ3) is 4.12. The van der Waals surface area contributed by atoms with Crippen molar-refractivity contribution in [2.75, 3.05) is 19.6 Å². The van der Waals surface area contributed by atoms with Crippen molar-refractivity contribution in [3.05, 3.63) is 0 Å². The Bertz CT molecular complexity index is 162. The minimum Gasteiger partial charge on any atom is -0.326 e. The lowest BCUT2D eigenvalue weighted by atomic mass is 9.93. The van der Waals surface area contributed by atoms with Crippen molar-refractivity contribution in [3.8, 4) is 0 Å². The Kier molecular flexibility index (Phi) is 5.62. The van der Waals surface area contributed by atoms with E-state index in [0.717, 1.165) is 12.5 Å². The van der Waals surface area contributed by atoms with Crippen LogP contribution >= 0.6 is 0 Å². The van der Waals surface area contributed by atoms with Crippen LogP contribution in [-0.2, 0) is 0 Å². The van der Waals surface area contributed by atoms with Gasteiger partial charge in [-0.3, -0.25) is 0 Å². The minimum absolute atomic E-state index is 0.369. The van der Waals surface area contributed by atoms with E-state index in [-0.39, 0.29) is 0 Å². The maximum Gasteiger partial charge on any atom is 0.0193 e. The van der Waals surface area contributed by atoms with E-state index in [9.17, 15) is 0 Å². The normalized spacial score (nSPS) is 24.0. The molecular formula is C13H28N2. The van der Waals surface area contributed by atoms with E-state index < -0.39 is 0 Å². The van der Waals surface area contributed by atoms with Crippen LogP contribution in [0.2, 0.25) is 0 Å². The molecule has 0 saturated carbocycles. The van der Waals surface area contributed by atoms with E-state index in [1.165, 1.54) is 38.8 Å². The van der Waals surface area contributed by atoms with Crippen LogP contribution in [0.4, 0.5) is 0 Å². The minimum atomic E-state index is 0.369. The van der Waals surface area contributed by atoms with Crippen molar-refractivity contribution >= 4 is 0 Å². The van der Waals surface area contributed by atoms with Crippen molar-refractivity contribution in [3.63, 3.8) is 0 Å². The summed E-state index contributed by atoms with van der Waals surface area (Å²) in [4.78, 5) is 2.56. The smallest absolute Gasteiger partial charge is 0.0193 e. The van der Waals surface area contributed by atoms with Crippen molar-refractivity contribution in [2.24, 2.45) is 17.6 Å². The van der Waals surface area contributed by atoms with E-state index in [0.29, 0.717) is 12.0 Å². The van der Waals surface area contributed by atoms with Crippen LogP contribution in [0.3, 0.4) is 0 Å². The molecule has 0 aromatic carbocycles. The highest BCUT2D eigenvalue weighted by Crippen LogP contribution is 2.20. The summed E-state index contributed by atoms with van der Waals surface area (Å²) in [5, 5.41) is 0. The molecule has 2 heteroatoms. The van der Waals surface area contributed by atoms with Gasteiger partial charge in [0.1, 0.15) is 0 Å². The summed E-state index contributed by atoms with van der Waals surface area (Å²) < 4.78 is 0. The topological polar surface area (TPSA) is 29.3 Å². The molecule has 1 fully saturated rings. The van der Waals surface area contributed by atoms with Gasteiger partial charge in [0.05, 0.1) is 0 Å². The van der Waals surface area contributed by atoms with Crippen molar-refractivity contribution in [1.29, 1.82) is 0 Å². The Morgan fingerprint density at radius 2 is 1.87 bits per heavy atom. The van der Waals surface area contributed by atoms with Crippen molar-refractivity contribution in [2.45, 2.75) is 52.5 Å². The second kappa shape index (κ2) is 6.49. The van der Waals surface area contributed by atoms with E-state index in [1.807, 2.05) is 0 Å². The fourth-order valence-electron chi connectivity index (χ4n) is 2.36. The molecule has 90 valence electrons. The zero-order chi connectivity index (χ0) is 11.3. The fraction of sp³-hybridized carbons (Fsp3) is 1.00. The standard InChI is InChI=1S/C13H28N2/c1-4-11(3)13(14)10-15-8-6-12(5-2)7-9-15/h11-13H,4-10,14H2,1-3H3. The van der Waals surface area contributed by atoms with Crippen molar-refractivity contribution < 1.29 is 0 Å². The lowest BCUT2D eigenvalue weighted by Crippen LogP contribution is -2.44. The largest absolute Gasteiger partial charge is 0.326 e. The van der Waals surface area contributed by atoms with Gasteiger partial charge in [-0.15, -0.1) is 0 Å². The molecule has 1 aliphatic rings. The first-order chi connectivity index (χ1) is 7.17. The van der Waals surface area contributed by atoms with Gasteiger partial charge in [-0.25, -0.2) is 0 Å². The first kappa shape index (κ1) is 13.0. The molecule has 2 unspecified atom stereocenters. The highest BCUT2D eigenvalue weighted by Gasteiger charge is 2.20. The summed E-state index contributed by atoms with van der Waals surface area (Å²) in [6.07, 6.45) is 5.31. The zero-order valence-electron chi connectivity index (χ0n) is 10.7. The van der Waals surface area contributed by atoms with Crippen LogP contribution in [0.5, 0.6) is 0 Å². The molecule has 1 rings (SSSR count). The Morgan fingerprint density at radius 1 is 1.27 bits per heavy atom. The molecule has 1 saturated heterocycles. The first-order valence-corrected chi connectivity index (χ1v) is 6.65. The predicted octanol–water partition coefficient (Wildman–Crippen LogP) is 2.48. The number of nitrogens with zero attached hydrogens (tertiary/aromatic N) is 1. The molecule has 0 radical (unpaired) electrons. The van der Waals surface area contributed by atoms with Crippen LogP contribution in [0.25, 0.3) is 0 Å². The molecule has 15 heavy (non-hydrogen) atoms. The van der Waals surface area contributed by atoms with Crippen LogP contribution in [0.15, 0.2) is 0 Å². The summed E-state index contributed by atoms with van der Waals surface area (Å²) in [5.41, 5.74) is 6.18. The van der Waals surface area contributed by atoms with Gasteiger partial charge < -0.3 is 10.6 Å². The third-order valence-corrected chi connectivity index (χ3v) is 4.13. The average Bonchev–Trinajstić information content (AvgIpc) is 2.29. The first-order valence-electron chi connectivity index (χ1n) is 6.65. The second-order valence-electron chi connectivity index (χ2n) is 5.20. The van der Waals surface area contributed by atoms with E-state index >= 15 is 0 Å². The van der Waals surface area contributed by atoms with E-state index in [2.05, 4.69) is 25.7 Å². The molecule has 1 heterocycles. The highest BCUT2D eigenvalue weighted by atomic mass is 15.1. The number of likely N-dealkylation sites (tertiary alicyclic amines) is 1. The Morgan fingerprint density at radius 3 is 2.33 bits per heavy atom. The Balaban J connectivity index is 2.23. The maximum atomic E-state index is 6.18. The van der Waals surface area contributed by atoms with Gasteiger partial charge in [0, 0.05) is 12.6 Å². The maximum absolute atomic E-state index is 6.18. The zero-order valence-corrected chi connectivity index (χ0v) is 10.7. The van der Waals surface area contributed by atoms with E-state index in [1.54, 1.807) is 0 Å². The summed E-state index contributed by atoms with van der Waals surface area (Å²) in [6.45, 7) is 10.4. The van der Waals surface area contributed by atoms with E-state index in [4.69, 9.17) is 5.73 Å². The molecule has 0 amide bonds. The van der Waals surface area contributed by atoms with Gasteiger partial charge in [-0.2, -0.15) is 0 Å². The van der Waals surface area contributed by atoms with Crippen LogP contribution < -0.4 is 5.73 Å². The van der Waals surface area contributed by atoms with Gasteiger partial charge in [0.15, 0.2) is 0 Å². The lowest BCUT2D eigenvalue weighted by molar-refractivity contribution is 0.162. The summed E-state index contributed by atoms with van der Waals surface area (Å²) in [5.74, 6) is 1.63. The number of hydrogen-bond donors (Lipinski definition) is 1. The molecule has 0 spiro atoms. The lowest BCUT2D eigenvalue weighted by Gasteiger charge is -2.34. The Hall–Kier alpha value is -0.0800. The monoisotopic (exact) mass is 212 g/mol. The molecular weight excluding hydrogens is 184 g/mol.